The third-order valence-electron chi connectivity index (χ3n) is 5.80. The van der Waals surface area contributed by atoms with Crippen LogP contribution in [0.5, 0.6) is 0 Å². The summed E-state index contributed by atoms with van der Waals surface area (Å²) in [4.78, 5) is 9.52. The van der Waals surface area contributed by atoms with Crippen LogP contribution in [0.15, 0.2) is 29.3 Å². The van der Waals surface area contributed by atoms with E-state index in [1.54, 1.807) is 0 Å². The fourth-order valence-corrected chi connectivity index (χ4v) is 4.44. The van der Waals surface area contributed by atoms with E-state index in [1.165, 1.54) is 18.5 Å². The van der Waals surface area contributed by atoms with Crippen molar-refractivity contribution in [3.05, 3.63) is 34.9 Å². The molecule has 150 valence electrons. The molecule has 1 N–H and O–H groups in total. The zero-order valence-electron chi connectivity index (χ0n) is 15.9. The van der Waals surface area contributed by atoms with Crippen LogP contribution in [0.2, 0.25) is 5.02 Å². The number of aliphatic imine (C=N–C) groups is 1. The second-order valence-corrected chi connectivity index (χ2v) is 8.15. The van der Waals surface area contributed by atoms with Gasteiger partial charge in [0.25, 0.3) is 0 Å². The average molecular weight is 505 g/mol. The van der Waals surface area contributed by atoms with Crippen LogP contribution in [0.1, 0.15) is 24.3 Å². The SMILES string of the molecule is CN=C(NC1CC1c1cccc(Cl)c1)N1CCC(CN2CCOCC2)C1.I. The number of likely N-dealkylation sites (tertiary alicyclic amines) is 1. The molecule has 1 aromatic carbocycles. The minimum absolute atomic E-state index is 0. The van der Waals surface area contributed by atoms with Crippen molar-refractivity contribution in [3.63, 3.8) is 0 Å². The molecule has 2 saturated heterocycles. The number of hydrogen-bond donors (Lipinski definition) is 1. The summed E-state index contributed by atoms with van der Waals surface area (Å²) in [6, 6.07) is 8.72. The number of halogens is 2. The van der Waals surface area contributed by atoms with Crippen molar-refractivity contribution in [2.75, 3.05) is 53.0 Å². The first kappa shape index (κ1) is 21.1. The summed E-state index contributed by atoms with van der Waals surface area (Å²) in [5.74, 6) is 2.34. The fourth-order valence-electron chi connectivity index (χ4n) is 4.25. The van der Waals surface area contributed by atoms with Gasteiger partial charge in [-0.3, -0.25) is 9.89 Å². The maximum Gasteiger partial charge on any atom is 0.193 e. The summed E-state index contributed by atoms with van der Waals surface area (Å²) < 4.78 is 5.46. The fraction of sp³-hybridized carbons (Fsp3) is 0.650. The number of guanidine groups is 1. The summed E-state index contributed by atoms with van der Waals surface area (Å²) in [7, 11) is 1.90. The summed E-state index contributed by atoms with van der Waals surface area (Å²) in [6.07, 6.45) is 2.41. The number of nitrogens with zero attached hydrogens (tertiary/aromatic N) is 3. The van der Waals surface area contributed by atoms with Crippen LogP contribution in [0.3, 0.4) is 0 Å². The summed E-state index contributed by atoms with van der Waals surface area (Å²) in [5.41, 5.74) is 1.33. The van der Waals surface area contributed by atoms with E-state index in [4.69, 9.17) is 16.3 Å². The minimum Gasteiger partial charge on any atom is -0.379 e. The molecule has 3 aliphatic rings. The van der Waals surface area contributed by atoms with Crippen LogP contribution >= 0.6 is 35.6 Å². The number of ether oxygens (including phenoxy) is 1. The van der Waals surface area contributed by atoms with Crippen molar-refractivity contribution in [2.24, 2.45) is 10.9 Å². The van der Waals surface area contributed by atoms with Gasteiger partial charge in [-0.05, 0) is 36.5 Å². The zero-order valence-corrected chi connectivity index (χ0v) is 19.0. The van der Waals surface area contributed by atoms with Crippen LogP contribution < -0.4 is 5.32 Å². The van der Waals surface area contributed by atoms with Gasteiger partial charge in [-0.15, -0.1) is 24.0 Å². The van der Waals surface area contributed by atoms with Gasteiger partial charge in [0.15, 0.2) is 5.96 Å². The monoisotopic (exact) mass is 504 g/mol. The molecule has 1 aromatic rings. The summed E-state index contributed by atoms with van der Waals surface area (Å²) >= 11 is 6.13. The molecule has 7 heteroatoms. The minimum atomic E-state index is 0. The van der Waals surface area contributed by atoms with E-state index in [0.717, 1.165) is 62.7 Å². The Bertz CT molecular complexity index is 653. The Kier molecular flexibility index (Phi) is 7.65. The van der Waals surface area contributed by atoms with Crippen LogP contribution in [-0.2, 0) is 4.74 Å². The molecular formula is C20H30ClIN4O. The summed E-state index contributed by atoms with van der Waals surface area (Å²) in [6.45, 7) is 7.30. The molecule has 1 aliphatic carbocycles. The Labute approximate surface area is 184 Å². The number of rotatable bonds is 4. The predicted molar refractivity (Wildman–Crippen MR) is 121 cm³/mol. The molecular weight excluding hydrogens is 475 g/mol. The van der Waals surface area contributed by atoms with Crippen molar-refractivity contribution in [2.45, 2.75) is 24.8 Å². The number of benzene rings is 1. The molecule has 0 spiro atoms. The van der Waals surface area contributed by atoms with Crippen LogP contribution in [0.25, 0.3) is 0 Å². The largest absolute Gasteiger partial charge is 0.379 e. The number of hydrogen-bond acceptors (Lipinski definition) is 3. The van der Waals surface area contributed by atoms with Crippen LogP contribution in [0, 0.1) is 5.92 Å². The molecule has 2 heterocycles. The maximum absolute atomic E-state index is 6.13. The molecule has 1 saturated carbocycles. The van der Waals surface area contributed by atoms with E-state index in [-0.39, 0.29) is 24.0 Å². The van der Waals surface area contributed by atoms with E-state index >= 15 is 0 Å². The number of nitrogens with one attached hydrogen (secondary N) is 1. The lowest BCUT2D eigenvalue weighted by Gasteiger charge is -2.29. The van der Waals surface area contributed by atoms with Crippen molar-refractivity contribution in [3.8, 4) is 0 Å². The molecule has 0 aromatic heterocycles. The standard InChI is InChI=1S/C20H29ClN4O.HI/c1-22-20(23-19-12-18(19)16-3-2-4-17(21)11-16)25-6-5-15(14-25)13-24-7-9-26-10-8-24;/h2-4,11,15,18-19H,5-10,12-14H2,1H3,(H,22,23);1H. The van der Waals surface area contributed by atoms with Gasteiger partial charge in [-0.2, -0.15) is 0 Å². The van der Waals surface area contributed by atoms with E-state index in [9.17, 15) is 0 Å². The van der Waals surface area contributed by atoms with Gasteiger partial charge in [0.2, 0.25) is 0 Å². The Morgan fingerprint density at radius 1 is 1.30 bits per heavy atom. The highest BCUT2D eigenvalue weighted by Gasteiger charge is 2.40. The second kappa shape index (κ2) is 9.76. The molecule has 0 amide bonds. The quantitative estimate of drug-likeness (QED) is 0.389. The van der Waals surface area contributed by atoms with Gasteiger partial charge in [0, 0.05) is 56.8 Å². The highest BCUT2D eigenvalue weighted by atomic mass is 127. The molecule has 0 bridgehead atoms. The number of morpholine rings is 1. The molecule has 3 unspecified atom stereocenters. The van der Waals surface area contributed by atoms with Crippen molar-refractivity contribution in [1.29, 1.82) is 0 Å². The third kappa shape index (κ3) is 5.49. The molecule has 3 fully saturated rings. The van der Waals surface area contributed by atoms with Gasteiger partial charge in [-0.25, -0.2) is 0 Å². The second-order valence-electron chi connectivity index (χ2n) is 7.71. The lowest BCUT2D eigenvalue weighted by molar-refractivity contribution is 0.0315. The molecule has 0 radical (unpaired) electrons. The Morgan fingerprint density at radius 2 is 2.11 bits per heavy atom. The maximum atomic E-state index is 6.13. The molecule has 4 rings (SSSR count). The van der Waals surface area contributed by atoms with Crippen molar-refractivity contribution < 1.29 is 4.74 Å². The van der Waals surface area contributed by atoms with Crippen LogP contribution in [0.4, 0.5) is 0 Å². The molecule has 2 aliphatic heterocycles. The lowest BCUT2D eigenvalue weighted by atomic mass is 10.1. The first-order valence-corrected chi connectivity index (χ1v) is 10.1. The lowest BCUT2D eigenvalue weighted by Crippen LogP contribution is -2.43. The topological polar surface area (TPSA) is 40.1 Å². The van der Waals surface area contributed by atoms with E-state index in [1.807, 2.05) is 19.2 Å². The predicted octanol–water partition coefficient (Wildman–Crippen LogP) is 3.04. The van der Waals surface area contributed by atoms with Gasteiger partial charge in [-0.1, -0.05) is 23.7 Å². The highest BCUT2D eigenvalue weighted by molar-refractivity contribution is 14.0. The van der Waals surface area contributed by atoms with E-state index < -0.39 is 0 Å². The van der Waals surface area contributed by atoms with Crippen molar-refractivity contribution in [1.82, 2.24) is 15.1 Å². The van der Waals surface area contributed by atoms with Gasteiger partial charge in [0.1, 0.15) is 0 Å². The first-order chi connectivity index (χ1) is 12.7. The van der Waals surface area contributed by atoms with E-state index in [0.29, 0.717) is 12.0 Å². The Morgan fingerprint density at radius 3 is 2.85 bits per heavy atom. The van der Waals surface area contributed by atoms with Crippen LogP contribution in [-0.4, -0.2) is 74.8 Å². The van der Waals surface area contributed by atoms with Gasteiger partial charge >= 0.3 is 0 Å². The normalized spacial score (nSPS) is 28.7. The molecule has 27 heavy (non-hydrogen) atoms. The Hall–Kier alpha value is -0.570. The molecule has 5 nitrogen and oxygen atoms in total. The average Bonchev–Trinajstić information content (AvgIpc) is 3.29. The summed E-state index contributed by atoms with van der Waals surface area (Å²) in [5, 5.41) is 4.50. The zero-order chi connectivity index (χ0) is 17.9. The third-order valence-corrected chi connectivity index (χ3v) is 6.03. The Balaban J connectivity index is 0.00000210. The van der Waals surface area contributed by atoms with Gasteiger partial charge in [0.05, 0.1) is 13.2 Å². The first-order valence-electron chi connectivity index (χ1n) is 9.77. The van der Waals surface area contributed by atoms with Crippen molar-refractivity contribution >= 4 is 41.5 Å². The molecule has 3 atom stereocenters. The van der Waals surface area contributed by atoms with E-state index in [2.05, 4.69) is 32.2 Å². The smallest absolute Gasteiger partial charge is 0.193 e. The van der Waals surface area contributed by atoms with Gasteiger partial charge < -0.3 is 15.0 Å². The highest BCUT2D eigenvalue weighted by Crippen LogP contribution is 2.41.